The molecule has 0 aliphatic rings. The number of aromatic amines is 1. The standard InChI is InChI=1S/C23H30N4O3/c1-4-6-7-8-12-18(16(3)28)27-15-24-20-22(27)25-21(26-23(20)29)17-11-9-10-13-19(17)30-14-5-2/h9-11,13,15,18H,4-8,12,14H2,1-3H3,(H,25,26,29). The van der Waals surface area contributed by atoms with Gasteiger partial charge < -0.3 is 14.3 Å². The second-order valence-electron chi connectivity index (χ2n) is 7.56. The minimum absolute atomic E-state index is 0.0427. The number of hydrogen-bond donors (Lipinski definition) is 1. The molecule has 160 valence electrons. The summed E-state index contributed by atoms with van der Waals surface area (Å²) in [7, 11) is 0. The van der Waals surface area contributed by atoms with Crippen LogP contribution >= 0.6 is 0 Å². The number of fused-ring (bicyclic) bond motifs is 1. The Balaban J connectivity index is 2.03. The highest BCUT2D eigenvalue weighted by molar-refractivity contribution is 5.83. The molecule has 0 saturated heterocycles. The Labute approximate surface area is 176 Å². The maximum absolute atomic E-state index is 12.7. The molecule has 3 rings (SSSR count). The number of nitrogens with one attached hydrogen (secondary N) is 1. The van der Waals surface area contributed by atoms with Gasteiger partial charge in [-0.15, -0.1) is 0 Å². The number of benzene rings is 1. The van der Waals surface area contributed by atoms with Gasteiger partial charge in [-0.2, -0.15) is 0 Å². The molecule has 7 heteroatoms. The molecule has 1 aromatic carbocycles. The predicted molar refractivity (Wildman–Crippen MR) is 118 cm³/mol. The lowest BCUT2D eigenvalue weighted by Gasteiger charge is -2.16. The number of imidazole rings is 1. The maximum Gasteiger partial charge on any atom is 0.279 e. The van der Waals surface area contributed by atoms with Crippen molar-refractivity contribution in [2.24, 2.45) is 0 Å². The van der Waals surface area contributed by atoms with Crippen LogP contribution in [0.25, 0.3) is 22.6 Å². The molecule has 2 aromatic heterocycles. The van der Waals surface area contributed by atoms with Gasteiger partial charge in [-0.05, 0) is 31.9 Å². The highest BCUT2D eigenvalue weighted by atomic mass is 16.5. The van der Waals surface area contributed by atoms with E-state index in [-0.39, 0.29) is 22.9 Å². The van der Waals surface area contributed by atoms with E-state index in [1.54, 1.807) is 17.8 Å². The summed E-state index contributed by atoms with van der Waals surface area (Å²) in [4.78, 5) is 36.8. The summed E-state index contributed by atoms with van der Waals surface area (Å²) >= 11 is 0. The highest BCUT2D eigenvalue weighted by Crippen LogP contribution is 2.28. The smallest absolute Gasteiger partial charge is 0.279 e. The monoisotopic (exact) mass is 410 g/mol. The fourth-order valence-corrected chi connectivity index (χ4v) is 3.58. The van der Waals surface area contributed by atoms with Crippen molar-refractivity contribution in [1.29, 1.82) is 0 Å². The zero-order valence-electron chi connectivity index (χ0n) is 18.0. The lowest BCUT2D eigenvalue weighted by molar-refractivity contribution is -0.120. The van der Waals surface area contributed by atoms with Crippen molar-refractivity contribution in [2.75, 3.05) is 6.61 Å². The van der Waals surface area contributed by atoms with Crippen LogP contribution in [0.4, 0.5) is 0 Å². The normalized spacial score (nSPS) is 12.2. The summed E-state index contributed by atoms with van der Waals surface area (Å²) in [6.45, 7) is 6.35. The molecule has 0 radical (unpaired) electrons. The number of Topliss-reactive ketones (excluding diaryl/α,β-unsaturated/α-hetero) is 1. The SMILES string of the molecule is CCCCCCC(C(C)=O)n1cnc2c(=O)[nH]c(-c3ccccc3OCCC)nc21. The summed E-state index contributed by atoms with van der Waals surface area (Å²) in [5.41, 5.74) is 1.05. The Hall–Kier alpha value is -2.96. The molecular formula is C23H30N4O3. The molecule has 0 spiro atoms. The molecule has 0 bridgehead atoms. The van der Waals surface area contributed by atoms with Gasteiger partial charge in [-0.25, -0.2) is 9.97 Å². The van der Waals surface area contributed by atoms with E-state index in [0.717, 1.165) is 32.1 Å². The largest absolute Gasteiger partial charge is 0.493 e. The molecule has 2 heterocycles. The third-order valence-corrected chi connectivity index (χ3v) is 5.17. The van der Waals surface area contributed by atoms with Gasteiger partial charge in [0.1, 0.15) is 11.6 Å². The third kappa shape index (κ3) is 4.78. The fraction of sp³-hybridized carbons (Fsp3) is 0.478. The maximum atomic E-state index is 12.7. The Morgan fingerprint density at radius 2 is 1.97 bits per heavy atom. The van der Waals surface area contributed by atoms with Crippen LogP contribution in [0.2, 0.25) is 0 Å². The van der Waals surface area contributed by atoms with Gasteiger partial charge >= 0.3 is 0 Å². The van der Waals surface area contributed by atoms with Gasteiger partial charge in [0.25, 0.3) is 5.56 Å². The Morgan fingerprint density at radius 3 is 2.70 bits per heavy atom. The fourth-order valence-electron chi connectivity index (χ4n) is 3.58. The topological polar surface area (TPSA) is 89.9 Å². The highest BCUT2D eigenvalue weighted by Gasteiger charge is 2.21. The summed E-state index contributed by atoms with van der Waals surface area (Å²) in [5.74, 6) is 1.12. The van der Waals surface area contributed by atoms with E-state index in [9.17, 15) is 9.59 Å². The molecule has 0 aliphatic carbocycles. The molecule has 30 heavy (non-hydrogen) atoms. The number of hydrogen-bond acceptors (Lipinski definition) is 5. The number of nitrogens with zero attached hydrogens (tertiary/aromatic N) is 3. The summed E-state index contributed by atoms with van der Waals surface area (Å²) in [6, 6.07) is 7.11. The van der Waals surface area contributed by atoms with E-state index in [0.29, 0.717) is 35.8 Å². The second kappa shape index (κ2) is 10.2. The Morgan fingerprint density at radius 1 is 1.17 bits per heavy atom. The van der Waals surface area contributed by atoms with E-state index in [4.69, 9.17) is 9.72 Å². The zero-order chi connectivity index (χ0) is 21.5. The van der Waals surface area contributed by atoms with Crippen LogP contribution in [-0.2, 0) is 4.79 Å². The Bertz CT molecular complexity index is 1050. The van der Waals surface area contributed by atoms with Crippen LogP contribution in [0.15, 0.2) is 35.4 Å². The first-order valence-corrected chi connectivity index (χ1v) is 10.8. The number of ketones is 1. The molecule has 0 saturated carbocycles. The van der Waals surface area contributed by atoms with Gasteiger partial charge in [-0.1, -0.05) is 51.7 Å². The second-order valence-corrected chi connectivity index (χ2v) is 7.56. The van der Waals surface area contributed by atoms with Gasteiger partial charge in [0, 0.05) is 0 Å². The number of rotatable bonds is 11. The molecule has 0 fully saturated rings. The number of aromatic nitrogens is 4. The van der Waals surface area contributed by atoms with E-state index in [2.05, 4.69) is 16.9 Å². The van der Waals surface area contributed by atoms with E-state index < -0.39 is 0 Å². The Kier molecular flexibility index (Phi) is 7.38. The number of para-hydroxylation sites is 1. The van der Waals surface area contributed by atoms with E-state index in [1.807, 2.05) is 31.2 Å². The van der Waals surface area contributed by atoms with Gasteiger partial charge in [-0.3, -0.25) is 9.59 Å². The number of H-pyrrole nitrogens is 1. The third-order valence-electron chi connectivity index (χ3n) is 5.17. The quantitative estimate of drug-likeness (QED) is 0.464. The van der Waals surface area contributed by atoms with Crippen molar-refractivity contribution in [3.05, 3.63) is 40.9 Å². The predicted octanol–water partition coefficient (Wildman–Crippen LogP) is 4.68. The minimum Gasteiger partial charge on any atom is -0.493 e. The summed E-state index contributed by atoms with van der Waals surface area (Å²) in [6.07, 6.45) is 7.45. The lowest BCUT2D eigenvalue weighted by Crippen LogP contribution is -2.18. The van der Waals surface area contributed by atoms with Crippen LogP contribution in [0, 0.1) is 0 Å². The van der Waals surface area contributed by atoms with Gasteiger partial charge in [0.15, 0.2) is 16.9 Å². The number of unbranched alkanes of at least 4 members (excludes halogenated alkanes) is 3. The number of carbonyl (C=O) groups excluding carboxylic acids is 1. The first-order chi connectivity index (χ1) is 14.6. The molecular weight excluding hydrogens is 380 g/mol. The molecule has 7 nitrogen and oxygen atoms in total. The van der Waals surface area contributed by atoms with E-state index >= 15 is 0 Å². The van der Waals surface area contributed by atoms with E-state index in [1.165, 1.54) is 0 Å². The first kappa shape index (κ1) is 21.7. The lowest BCUT2D eigenvalue weighted by atomic mass is 10.0. The van der Waals surface area contributed by atoms with Crippen LogP contribution in [0.5, 0.6) is 5.75 Å². The van der Waals surface area contributed by atoms with Crippen LogP contribution in [-0.4, -0.2) is 31.9 Å². The summed E-state index contributed by atoms with van der Waals surface area (Å²) in [5, 5.41) is 0. The van der Waals surface area contributed by atoms with Gasteiger partial charge in [0.2, 0.25) is 0 Å². The minimum atomic E-state index is -0.374. The van der Waals surface area contributed by atoms with Crippen molar-refractivity contribution in [2.45, 2.75) is 65.3 Å². The summed E-state index contributed by atoms with van der Waals surface area (Å²) < 4.78 is 7.58. The molecule has 0 aliphatic heterocycles. The number of ether oxygens (including phenoxy) is 1. The van der Waals surface area contributed by atoms with Crippen LogP contribution in [0.1, 0.15) is 65.3 Å². The van der Waals surface area contributed by atoms with Crippen molar-refractivity contribution < 1.29 is 9.53 Å². The van der Waals surface area contributed by atoms with Crippen LogP contribution in [0.3, 0.4) is 0 Å². The van der Waals surface area contributed by atoms with Crippen molar-refractivity contribution >= 4 is 16.9 Å². The molecule has 0 amide bonds. The average Bonchev–Trinajstić information content (AvgIpc) is 3.16. The molecule has 1 unspecified atom stereocenters. The molecule has 3 aromatic rings. The van der Waals surface area contributed by atoms with Crippen molar-refractivity contribution in [3.8, 4) is 17.1 Å². The van der Waals surface area contributed by atoms with Gasteiger partial charge in [0.05, 0.1) is 24.5 Å². The molecule has 1 atom stereocenters. The van der Waals surface area contributed by atoms with Crippen molar-refractivity contribution in [3.63, 3.8) is 0 Å². The number of carbonyl (C=O) groups is 1. The first-order valence-electron chi connectivity index (χ1n) is 10.8. The average molecular weight is 411 g/mol. The van der Waals surface area contributed by atoms with Crippen molar-refractivity contribution in [1.82, 2.24) is 19.5 Å². The zero-order valence-corrected chi connectivity index (χ0v) is 18.0. The molecule has 1 N–H and O–H groups in total. The van der Waals surface area contributed by atoms with Crippen LogP contribution < -0.4 is 10.3 Å².